The largest absolute Gasteiger partial charge is 0.311 e. The van der Waals surface area contributed by atoms with E-state index in [1.807, 2.05) is 48.5 Å². The van der Waals surface area contributed by atoms with Crippen LogP contribution in [0.4, 0.5) is 0 Å². The predicted molar refractivity (Wildman–Crippen MR) is 85.5 cm³/mol. The Hall–Kier alpha value is -1.94. The first-order valence-electron chi connectivity index (χ1n) is 7.08. The van der Waals surface area contributed by atoms with Gasteiger partial charge in [-0.25, -0.2) is 8.42 Å². The molecule has 0 atom stereocenters. The van der Waals surface area contributed by atoms with Gasteiger partial charge in [-0.15, -0.1) is 0 Å². The molecule has 0 aromatic heterocycles. The topological polar surface area (TPSA) is 87.2 Å². The zero-order chi connectivity index (χ0) is 15.8. The average molecular weight is 315 g/mol. The molecule has 0 amide bonds. The summed E-state index contributed by atoms with van der Waals surface area (Å²) >= 11 is 0. The number of hydrogen-bond acceptors (Lipinski definition) is 4. The molecule has 0 saturated carbocycles. The summed E-state index contributed by atoms with van der Waals surface area (Å²) in [6.45, 7) is 0.169. The van der Waals surface area contributed by atoms with Crippen molar-refractivity contribution in [1.82, 2.24) is 4.31 Å². The van der Waals surface area contributed by atoms with Gasteiger partial charge in [-0.05, 0) is 22.8 Å². The van der Waals surface area contributed by atoms with Crippen molar-refractivity contribution in [2.75, 3.05) is 18.8 Å². The van der Waals surface area contributed by atoms with Crippen LogP contribution in [0.1, 0.15) is 5.56 Å². The van der Waals surface area contributed by atoms with E-state index in [2.05, 4.69) is 0 Å². The normalized spacial score (nSPS) is 17.8. The molecule has 1 aliphatic rings. The third kappa shape index (κ3) is 2.71. The molecular weight excluding hydrogens is 298 g/mol. The van der Waals surface area contributed by atoms with Crippen LogP contribution in [0.5, 0.6) is 0 Å². The van der Waals surface area contributed by atoms with Gasteiger partial charge in [-0.3, -0.25) is 0 Å². The molecule has 0 radical (unpaired) electrons. The highest BCUT2D eigenvalue weighted by Crippen LogP contribution is 2.23. The summed E-state index contributed by atoms with van der Waals surface area (Å²) < 4.78 is 25.9. The second-order valence-corrected chi connectivity index (χ2v) is 7.83. The monoisotopic (exact) mass is 315 g/mol. The van der Waals surface area contributed by atoms with Crippen LogP contribution in [-0.4, -0.2) is 37.1 Å². The van der Waals surface area contributed by atoms with Gasteiger partial charge >= 0.3 is 0 Å². The molecule has 1 aliphatic heterocycles. The number of benzene rings is 2. The van der Waals surface area contributed by atoms with Gasteiger partial charge in [0.25, 0.3) is 0 Å². The maximum absolute atomic E-state index is 12.3. The Morgan fingerprint density at radius 3 is 2.59 bits per heavy atom. The standard InChI is InChI=1S/C16H17N3O2S/c17-10-16(18)11-19(12-16)22(20,21)9-8-14-6-3-5-13-4-1-2-7-15(13)14/h1-7H,8-9,11-12,18H2. The van der Waals surface area contributed by atoms with E-state index in [-0.39, 0.29) is 18.8 Å². The Morgan fingerprint density at radius 2 is 1.86 bits per heavy atom. The van der Waals surface area contributed by atoms with E-state index < -0.39 is 15.6 Å². The van der Waals surface area contributed by atoms with E-state index in [9.17, 15) is 8.42 Å². The van der Waals surface area contributed by atoms with Crippen molar-refractivity contribution in [3.8, 4) is 6.07 Å². The van der Waals surface area contributed by atoms with Crippen LogP contribution in [0.15, 0.2) is 42.5 Å². The highest BCUT2D eigenvalue weighted by molar-refractivity contribution is 7.89. The van der Waals surface area contributed by atoms with Crippen molar-refractivity contribution >= 4 is 20.8 Å². The highest BCUT2D eigenvalue weighted by Gasteiger charge is 2.45. The van der Waals surface area contributed by atoms with Crippen LogP contribution in [0, 0.1) is 11.3 Å². The summed E-state index contributed by atoms with van der Waals surface area (Å²) in [6, 6.07) is 15.8. The quantitative estimate of drug-likeness (QED) is 0.920. The molecular formula is C16H17N3O2S. The van der Waals surface area contributed by atoms with Gasteiger partial charge in [0.2, 0.25) is 10.0 Å². The second kappa shape index (κ2) is 5.36. The molecule has 2 aromatic carbocycles. The van der Waals surface area contributed by atoms with Gasteiger partial charge in [0.05, 0.1) is 11.8 Å². The number of nitrogens with zero attached hydrogens (tertiary/aromatic N) is 2. The van der Waals surface area contributed by atoms with Gasteiger partial charge in [-0.2, -0.15) is 9.57 Å². The first-order valence-corrected chi connectivity index (χ1v) is 8.69. The molecule has 0 unspecified atom stereocenters. The van der Waals surface area contributed by atoms with Crippen LogP contribution in [0.25, 0.3) is 10.8 Å². The average Bonchev–Trinajstić information content (AvgIpc) is 2.49. The zero-order valence-corrected chi connectivity index (χ0v) is 12.9. The van der Waals surface area contributed by atoms with Crippen molar-refractivity contribution in [2.24, 2.45) is 5.73 Å². The lowest BCUT2D eigenvalue weighted by molar-refractivity contribution is 0.209. The van der Waals surface area contributed by atoms with E-state index in [1.54, 1.807) is 0 Å². The fraction of sp³-hybridized carbons (Fsp3) is 0.312. The first-order chi connectivity index (χ1) is 10.4. The second-order valence-electron chi connectivity index (χ2n) is 5.74. The molecule has 114 valence electrons. The Kier molecular flexibility index (Phi) is 3.65. The summed E-state index contributed by atoms with van der Waals surface area (Å²) in [5.41, 5.74) is 5.70. The van der Waals surface area contributed by atoms with E-state index in [1.165, 1.54) is 4.31 Å². The fourth-order valence-corrected chi connectivity index (χ4v) is 4.32. The molecule has 2 aromatic rings. The summed E-state index contributed by atoms with van der Waals surface area (Å²) in [5.74, 6) is 0.0303. The molecule has 0 spiro atoms. The molecule has 22 heavy (non-hydrogen) atoms. The number of nitriles is 1. The number of hydrogen-bond donors (Lipinski definition) is 1. The zero-order valence-electron chi connectivity index (χ0n) is 12.1. The summed E-state index contributed by atoms with van der Waals surface area (Å²) in [6.07, 6.45) is 0.449. The maximum atomic E-state index is 12.3. The Labute approximate surface area is 130 Å². The third-order valence-electron chi connectivity index (χ3n) is 4.04. The lowest BCUT2D eigenvalue weighted by Crippen LogP contribution is -2.68. The smallest absolute Gasteiger partial charge is 0.214 e. The van der Waals surface area contributed by atoms with Crippen molar-refractivity contribution in [2.45, 2.75) is 12.0 Å². The van der Waals surface area contributed by atoms with Crippen LogP contribution >= 0.6 is 0 Å². The van der Waals surface area contributed by atoms with E-state index >= 15 is 0 Å². The van der Waals surface area contributed by atoms with Crippen molar-refractivity contribution in [3.63, 3.8) is 0 Å². The van der Waals surface area contributed by atoms with E-state index in [0.717, 1.165) is 16.3 Å². The van der Waals surface area contributed by atoms with Gasteiger partial charge in [-0.1, -0.05) is 42.5 Å². The molecule has 2 N–H and O–H groups in total. The molecule has 0 bridgehead atoms. The summed E-state index contributed by atoms with van der Waals surface area (Å²) in [7, 11) is -3.37. The number of aryl methyl sites for hydroxylation is 1. The van der Waals surface area contributed by atoms with E-state index in [4.69, 9.17) is 11.0 Å². The molecule has 5 nitrogen and oxygen atoms in total. The van der Waals surface area contributed by atoms with Gasteiger partial charge < -0.3 is 5.73 Å². The minimum Gasteiger partial charge on any atom is -0.311 e. The van der Waals surface area contributed by atoms with Crippen molar-refractivity contribution in [1.29, 1.82) is 5.26 Å². The van der Waals surface area contributed by atoms with Crippen LogP contribution in [-0.2, 0) is 16.4 Å². The van der Waals surface area contributed by atoms with Gasteiger partial charge in [0.1, 0.15) is 5.54 Å². The number of fused-ring (bicyclic) bond motifs is 1. The Morgan fingerprint density at radius 1 is 1.18 bits per heavy atom. The molecule has 3 rings (SSSR count). The summed E-state index contributed by atoms with van der Waals surface area (Å²) in [4.78, 5) is 0. The Balaban J connectivity index is 1.73. The lowest BCUT2D eigenvalue weighted by atomic mass is 9.96. The minimum atomic E-state index is -3.37. The molecule has 0 aliphatic carbocycles. The van der Waals surface area contributed by atoms with Crippen LogP contribution in [0.2, 0.25) is 0 Å². The first kappa shape index (κ1) is 15.0. The lowest BCUT2D eigenvalue weighted by Gasteiger charge is -2.41. The van der Waals surface area contributed by atoms with Gasteiger partial charge in [0, 0.05) is 13.1 Å². The molecule has 1 heterocycles. The third-order valence-corrected chi connectivity index (χ3v) is 5.81. The highest BCUT2D eigenvalue weighted by atomic mass is 32.2. The maximum Gasteiger partial charge on any atom is 0.214 e. The van der Waals surface area contributed by atoms with Crippen LogP contribution < -0.4 is 5.73 Å². The number of nitrogens with two attached hydrogens (primary N) is 1. The van der Waals surface area contributed by atoms with Crippen molar-refractivity contribution in [3.05, 3.63) is 48.0 Å². The Bertz CT molecular complexity index is 844. The predicted octanol–water partition coefficient (Wildman–Crippen LogP) is 1.25. The molecule has 1 fully saturated rings. The van der Waals surface area contributed by atoms with E-state index in [0.29, 0.717) is 6.42 Å². The minimum absolute atomic E-state index is 0.0303. The number of rotatable bonds is 4. The number of sulfonamides is 1. The molecule has 6 heteroatoms. The summed E-state index contributed by atoms with van der Waals surface area (Å²) in [5, 5.41) is 11.0. The van der Waals surface area contributed by atoms with Crippen molar-refractivity contribution < 1.29 is 8.42 Å². The molecule has 1 saturated heterocycles. The van der Waals surface area contributed by atoms with Crippen LogP contribution in [0.3, 0.4) is 0 Å². The SMILES string of the molecule is N#CC1(N)CN(S(=O)(=O)CCc2cccc3ccccc23)C1. The fourth-order valence-electron chi connectivity index (χ4n) is 2.73. The van der Waals surface area contributed by atoms with Gasteiger partial charge in [0.15, 0.2) is 0 Å².